The molecule has 1 aromatic heterocycles. The lowest BCUT2D eigenvalue weighted by Crippen LogP contribution is -2.09. The summed E-state index contributed by atoms with van der Waals surface area (Å²) in [6.45, 7) is 5.94. The molecule has 1 heterocycles. The first-order valence-electron chi connectivity index (χ1n) is 5.66. The summed E-state index contributed by atoms with van der Waals surface area (Å²) in [6, 6.07) is 3.72. The first-order valence-corrected chi connectivity index (χ1v) is 5.66. The standard InChI is InChI=1S/C12H20N2O2/c1-3-6-15-7-8-16-11-4-5-12(10(2)13)14-9-11/h4-5,9-10H,3,6-8,13H2,1-2H3/t10-/m0/s1. The number of nitrogens with zero attached hydrogens (tertiary/aromatic N) is 1. The molecule has 0 saturated carbocycles. The lowest BCUT2D eigenvalue weighted by molar-refractivity contribution is 0.100. The van der Waals surface area contributed by atoms with E-state index in [-0.39, 0.29) is 6.04 Å². The van der Waals surface area contributed by atoms with Gasteiger partial charge in [-0.2, -0.15) is 0 Å². The van der Waals surface area contributed by atoms with Gasteiger partial charge in [-0.15, -0.1) is 0 Å². The predicted octanol–water partition coefficient (Wildman–Crippen LogP) is 1.91. The van der Waals surface area contributed by atoms with Gasteiger partial charge in [-0.1, -0.05) is 6.92 Å². The second kappa shape index (κ2) is 7.19. The molecule has 0 fully saturated rings. The molecule has 0 aliphatic rings. The minimum Gasteiger partial charge on any atom is -0.490 e. The molecule has 90 valence electrons. The van der Waals surface area contributed by atoms with Crippen molar-refractivity contribution < 1.29 is 9.47 Å². The van der Waals surface area contributed by atoms with Crippen molar-refractivity contribution in [2.24, 2.45) is 5.73 Å². The van der Waals surface area contributed by atoms with Crippen LogP contribution in [0.2, 0.25) is 0 Å². The third kappa shape index (κ3) is 4.59. The smallest absolute Gasteiger partial charge is 0.137 e. The third-order valence-corrected chi connectivity index (χ3v) is 2.07. The van der Waals surface area contributed by atoms with Crippen molar-refractivity contribution in [2.75, 3.05) is 19.8 Å². The fourth-order valence-electron chi connectivity index (χ4n) is 1.21. The second-order valence-electron chi connectivity index (χ2n) is 3.67. The Balaban J connectivity index is 2.27. The average molecular weight is 224 g/mol. The monoisotopic (exact) mass is 224 g/mol. The van der Waals surface area contributed by atoms with Gasteiger partial charge in [0.25, 0.3) is 0 Å². The van der Waals surface area contributed by atoms with E-state index in [1.165, 1.54) is 0 Å². The van der Waals surface area contributed by atoms with Crippen molar-refractivity contribution in [3.05, 3.63) is 24.0 Å². The molecule has 0 aliphatic carbocycles. The van der Waals surface area contributed by atoms with E-state index in [1.807, 2.05) is 19.1 Å². The van der Waals surface area contributed by atoms with E-state index in [0.29, 0.717) is 13.2 Å². The fourth-order valence-corrected chi connectivity index (χ4v) is 1.21. The van der Waals surface area contributed by atoms with Gasteiger partial charge in [0.05, 0.1) is 18.5 Å². The molecule has 1 rings (SSSR count). The highest BCUT2D eigenvalue weighted by atomic mass is 16.5. The van der Waals surface area contributed by atoms with Crippen LogP contribution in [0.1, 0.15) is 32.0 Å². The van der Waals surface area contributed by atoms with Crippen LogP contribution >= 0.6 is 0 Å². The Morgan fingerprint density at radius 3 is 2.69 bits per heavy atom. The highest BCUT2D eigenvalue weighted by Crippen LogP contribution is 2.12. The Kier molecular flexibility index (Phi) is 5.82. The summed E-state index contributed by atoms with van der Waals surface area (Å²) >= 11 is 0. The van der Waals surface area contributed by atoms with E-state index < -0.39 is 0 Å². The van der Waals surface area contributed by atoms with Crippen LogP contribution in [0.5, 0.6) is 5.75 Å². The Hall–Kier alpha value is -1.13. The van der Waals surface area contributed by atoms with Crippen molar-refractivity contribution in [3.63, 3.8) is 0 Å². The summed E-state index contributed by atoms with van der Waals surface area (Å²) in [6.07, 6.45) is 2.73. The van der Waals surface area contributed by atoms with Crippen molar-refractivity contribution >= 4 is 0 Å². The van der Waals surface area contributed by atoms with Crippen molar-refractivity contribution in [3.8, 4) is 5.75 Å². The second-order valence-corrected chi connectivity index (χ2v) is 3.67. The number of pyridine rings is 1. The van der Waals surface area contributed by atoms with Crippen LogP contribution in [0.4, 0.5) is 0 Å². The zero-order valence-electron chi connectivity index (χ0n) is 9.98. The lowest BCUT2D eigenvalue weighted by Gasteiger charge is -2.08. The first kappa shape index (κ1) is 12.9. The number of hydrogen-bond acceptors (Lipinski definition) is 4. The molecule has 1 aromatic rings. The van der Waals surface area contributed by atoms with E-state index in [2.05, 4.69) is 11.9 Å². The lowest BCUT2D eigenvalue weighted by atomic mass is 10.2. The molecule has 0 bridgehead atoms. The summed E-state index contributed by atoms with van der Waals surface area (Å²) < 4.78 is 10.8. The highest BCUT2D eigenvalue weighted by molar-refractivity contribution is 5.21. The molecule has 16 heavy (non-hydrogen) atoms. The summed E-state index contributed by atoms with van der Waals surface area (Å²) in [5, 5.41) is 0. The van der Waals surface area contributed by atoms with Crippen LogP contribution < -0.4 is 10.5 Å². The van der Waals surface area contributed by atoms with Crippen molar-refractivity contribution in [1.82, 2.24) is 4.98 Å². The van der Waals surface area contributed by atoms with Gasteiger partial charge in [0.2, 0.25) is 0 Å². The molecule has 0 amide bonds. The molecule has 4 heteroatoms. The maximum Gasteiger partial charge on any atom is 0.137 e. The summed E-state index contributed by atoms with van der Waals surface area (Å²) in [7, 11) is 0. The Morgan fingerprint density at radius 1 is 1.31 bits per heavy atom. The number of hydrogen-bond donors (Lipinski definition) is 1. The van der Waals surface area contributed by atoms with Gasteiger partial charge in [0.15, 0.2) is 0 Å². The van der Waals surface area contributed by atoms with Gasteiger partial charge >= 0.3 is 0 Å². The van der Waals surface area contributed by atoms with Crippen molar-refractivity contribution in [2.45, 2.75) is 26.3 Å². The van der Waals surface area contributed by atoms with Gasteiger partial charge in [0, 0.05) is 12.6 Å². The molecule has 0 spiro atoms. The van der Waals surface area contributed by atoms with Gasteiger partial charge in [-0.05, 0) is 25.5 Å². The van der Waals surface area contributed by atoms with E-state index in [1.54, 1.807) is 6.20 Å². The van der Waals surface area contributed by atoms with Crippen LogP contribution in [0.25, 0.3) is 0 Å². The highest BCUT2D eigenvalue weighted by Gasteiger charge is 2.00. The summed E-state index contributed by atoms with van der Waals surface area (Å²) in [5.41, 5.74) is 6.57. The fraction of sp³-hybridized carbons (Fsp3) is 0.583. The number of aromatic nitrogens is 1. The molecule has 0 unspecified atom stereocenters. The SMILES string of the molecule is CCCOCCOc1ccc([C@H](C)N)nc1. The molecule has 0 aromatic carbocycles. The Morgan fingerprint density at radius 2 is 2.12 bits per heavy atom. The molecule has 0 radical (unpaired) electrons. The molecule has 4 nitrogen and oxygen atoms in total. The molecule has 0 aliphatic heterocycles. The first-order chi connectivity index (χ1) is 7.74. The molecule has 2 N–H and O–H groups in total. The van der Waals surface area contributed by atoms with Crippen LogP contribution in [-0.4, -0.2) is 24.8 Å². The predicted molar refractivity (Wildman–Crippen MR) is 63.4 cm³/mol. The summed E-state index contributed by atoms with van der Waals surface area (Å²) in [4.78, 5) is 4.20. The van der Waals surface area contributed by atoms with Crippen molar-refractivity contribution in [1.29, 1.82) is 0 Å². The van der Waals surface area contributed by atoms with Crippen LogP contribution in [0, 0.1) is 0 Å². The molecular weight excluding hydrogens is 204 g/mol. The third-order valence-electron chi connectivity index (χ3n) is 2.07. The van der Waals surface area contributed by atoms with E-state index in [0.717, 1.165) is 24.5 Å². The maximum atomic E-state index is 5.70. The van der Waals surface area contributed by atoms with Gasteiger partial charge in [0.1, 0.15) is 12.4 Å². The summed E-state index contributed by atoms with van der Waals surface area (Å²) in [5.74, 6) is 0.754. The van der Waals surface area contributed by atoms with Crippen LogP contribution in [0.15, 0.2) is 18.3 Å². The largest absolute Gasteiger partial charge is 0.490 e. The van der Waals surface area contributed by atoms with E-state index in [4.69, 9.17) is 15.2 Å². The minimum absolute atomic E-state index is 0.0399. The van der Waals surface area contributed by atoms with Gasteiger partial charge in [-0.25, -0.2) is 0 Å². The van der Waals surface area contributed by atoms with Gasteiger partial charge in [-0.3, -0.25) is 4.98 Å². The number of rotatable bonds is 7. The average Bonchev–Trinajstić information content (AvgIpc) is 2.29. The molecule has 1 atom stereocenters. The quantitative estimate of drug-likeness (QED) is 0.719. The maximum absolute atomic E-state index is 5.70. The topological polar surface area (TPSA) is 57.4 Å². The minimum atomic E-state index is -0.0399. The normalized spacial score (nSPS) is 12.4. The molecule has 0 saturated heterocycles. The number of nitrogens with two attached hydrogens (primary N) is 1. The number of ether oxygens (including phenoxy) is 2. The van der Waals surface area contributed by atoms with Crippen LogP contribution in [-0.2, 0) is 4.74 Å². The van der Waals surface area contributed by atoms with Gasteiger partial charge < -0.3 is 15.2 Å². The van der Waals surface area contributed by atoms with Crippen LogP contribution in [0.3, 0.4) is 0 Å². The van der Waals surface area contributed by atoms with E-state index >= 15 is 0 Å². The Labute approximate surface area is 96.8 Å². The van der Waals surface area contributed by atoms with E-state index in [9.17, 15) is 0 Å². The Bertz CT molecular complexity index is 286. The zero-order chi connectivity index (χ0) is 11.8. The molecular formula is C12H20N2O2. The zero-order valence-corrected chi connectivity index (χ0v) is 9.98.